The predicted molar refractivity (Wildman–Crippen MR) is 46.9 cm³/mol. The van der Waals surface area contributed by atoms with Gasteiger partial charge in [-0.05, 0) is 16.7 Å². The molecule has 0 fully saturated rings. The van der Waals surface area contributed by atoms with Crippen LogP contribution in [0.1, 0.15) is 11.1 Å². The molecule has 1 aromatic rings. The number of benzene rings is 1. The summed E-state index contributed by atoms with van der Waals surface area (Å²) >= 11 is -0.602. The number of aryl methyl sites for hydroxylation is 1. The van der Waals surface area contributed by atoms with E-state index in [0.29, 0.717) is 0 Å². The summed E-state index contributed by atoms with van der Waals surface area (Å²) in [6.45, 7) is 0. The molecule has 1 nitrogen and oxygen atoms in total. The molecule has 0 amide bonds. The topological polar surface area (TPSA) is 23.1 Å². The van der Waals surface area contributed by atoms with E-state index < -0.39 is 11.2 Å². The third-order valence-electron chi connectivity index (χ3n) is 2.03. The highest BCUT2D eigenvalue weighted by molar-refractivity contribution is 7.90. The van der Waals surface area contributed by atoms with E-state index >= 15 is 0 Å². The first-order valence-electron chi connectivity index (χ1n) is 3.78. The first kappa shape index (κ1) is 7.19. The molecule has 1 atom stereocenters. The van der Waals surface area contributed by atoms with Crippen LogP contribution in [-0.4, -0.2) is 10.3 Å². The summed E-state index contributed by atoms with van der Waals surface area (Å²) in [4.78, 5) is 0. The van der Waals surface area contributed by atoms with E-state index in [1.807, 2.05) is 12.1 Å². The van der Waals surface area contributed by atoms with Gasteiger partial charge in [-0.2, -0.15) is 0 Å². The van der Waals surface area contributed by atoms with Gasteiger partial charge < -0.3 is 4.55 Å². The number of hydrogen-bond acceptors (Lipinski definition) is 1. The lowest BCUT2D eigenvalue weighted by molar-refractivity contribution is 0.590. The summed E-state index contributed by atoms with van der Waals surface area (Å²) in [5, 5.41) is 0. The molecule has 0 spiro atoms. The van der Waals surface area contributed by atoms with Crippen molar-refractivity contribution in [3.05, 3.63) is 35.4 Å². The van der Waals surface area contributed by atoms with Crippen molar-refractivity contribution in [1.29, 1.82) is 0 Å². The van der Waals surface area contributed by atoms with Gasteiger partial charge >= 0.3 is 0 Å². The van der Waals surface area contributed by atoms with Gasteiger partial charge in [0.05, 0.1) is 0 Å². The normalized spacial score (nSPS) is 22.8. The summed E-state index contributed by atoms with van der Waals surface area (Å²) in [6, 6.07) is 8.27. The molecular weight excluding hydrogens is 156 g/mol. The molecule has 0 aromatic heterocycles. The first-order chi connectivity index (χ1) is 5.36. The molecule has 11 heavy (non-hydrogen) atoms. The average Bonchev–Trinajstić information content (AvgIpc) is 2.04. The Labute approximate surface area is 69.6 Å². The Morgan fingerprint density at radius 1 is 1.18 bits per heavy atom. The Kier molecular flexibility index (Phi) is 1.88. The molecule has 0 saturated carbocycles. The Morgan fingerprint density at radius 3 is 2.73 bits per heavy atom. The van der Waals surface area contributed by atoms with Crippen molar-refractivity contribution in [3.8, 4) is 0 Å². The predicted octanol–water partition coefficient (Wildman–Crippen LogP) is 1.49. The smallest absolute Gasteiger partial charge is 0.130 e. The molecule has 1 aliphatic rings. The van der Waals surface area contributed by atoms with Crippen LogP contribution in [0.2, 0.25) is 0 Å². The first-order valence-corrected chi connectivity index (χ1v) is 5.27. The Morgan fingerprint density at radius 2 is 1.91 bits per heavy atom. The second kappa shape index (κ2) is 2.88. The van der Waals surface area contributed by atoms with Gasteiger partial charge in [0.15, 0.2) is 0 Å². The minimum Gasteiger partial charge on any atom is -0.616 e. The lowest BCUT2D eigenvalue weighted by Gasteiger charge is -2.18. The van der Waals surface area contributed by atoms with Gasteiger partial charge in [0.2, 0.25) is 0 Å². The quantitative estimate of drug-likeness (QED) is 0.535. The zero-order valence-electron chi connectivity index (χ0n) is 6.25. The SMILES string of the molecule is [O-][S@@+]1CCc2ccccc2C1. The largest absolute Gasteiger partial charge is 0.616 e. The number of hydrogen-bond donors (Lipinski definition) is 0. The monoisotopic (exact) mass is 166 g/mol. The van der Waals surface area contributed by atoms with Gasteiger partial charge in [0.1, 0.15) is 11.5 Å². The van der Waals surface area contributed by atoms with Gasteiger partial charge in [-0.25, -0.2) is 0 Å². The highest BCUT2D eigenvalue weighted by Crippen LogP contribution is 2.19. The van der Waals surface area contributed by atoms with Crippen LogP contribution in [0.5, 0.6) is 0 Å². The molecule has 58 valence electrons. The average molecular weight is 166 g/mol. The Bertz CT molecular complexity index is 259. The van der Waals surface area contributed by atoms with Crippen LogP contribution in [0, 0.1) is 0 Å². The van der Waals surface area contributed by atoms with Gasteiger partial charge in [-0.1, -0.05) is 24.3 Å². The molecule has 1 aromatic carbocycles. The molecule has 0 aliphatic carbocycles. The van der Waals surface area contributed by atoms with Crippen LogP contribution < -0.4 is 0 Å². The lowest BCUT2D eigenvalue weighted by atomic mass is 10.1. The maximum absolute atomic E-state index is 11.1. The highest BCUT2D eigenvalue weighted by atomic mass is 32.2. The van der Waals surface area contributed by atoms with Crippen molar-refractivity contribution in [2.24, 2.45) is 0 Å². The highest BCUT2D eigenvalue weighted by Gasteiger charge is 2.17. The van der Waals surface area contributed by atoms with Gasteiger partial charge in [-0.15, -0.1) is 0 Å². The zero-order valence-corrected chi connectivity index (χ0v) is 7.06. The molecule has 0 bridgehead atoms. The van der Waals surface area contributed by atoms with Crippen LogP contribution in [0.15, 0.2) is 24.3 Å². The molecule has 0 unspecified atom stereocenters. The standard InChI is InChI=1S/C9H10OS/c10-11-6-5-8-3-1-2-4-9(8)7-11/h1-4H,5-7H2/t11-/m0/s1. The Balaban J connectivity index is 2.34. The van der Waals surface area contributed by atoms with Gasteiger partial charge in [-0.3, -0.25) is 0 Å². The van der Waals surface area contributed by atoms with E-state index in [0.717, 1.165) is 17.9 Å². The molecular formula is C9H10OS. The third kappa shape index (κ3) is 1.42. The van der Waals surface area contributed by atoms with E-state index in [9.17, 15) is 4.55 Å². The molecule has 1 heterocycles. The minimum absolute atomic E-state index is 0.602. The van der Waals surface area contributed by atoms with Crippen LogP contribution >= 0.6 is 0 Å². The fourth-order valence-electron chi connectivity index (χ4n) is 1.41. The van der Waals surface area contributed by atoms with E-state index in [1.54, 1.807) is 0 Å². The van der Waals surface area contributed by atoms with Crippen molar-refractivity contribution >= 4 is 11.2 Å². The van der Waals surface area contributed by atoms with E-state index in [1.165, 1.54) is 11.1 Å². The van der Waals surface area contributed by atoms with Gasteiger partial charge in [0, 0.05) is 12.0 Å². The zero-order chi connectivity index (χ0) is 7.68. The van der Waals surface area contributed by atoms with Crippen molar-refractivity contribution in [2.45, 2.75) is 12.2 Å². The second-order valence-electron chi connectivity index (χ2n) is 2.81. The molecule has 2 rings (SSSR count). The Hall–Kier alpha value is -0.470. The molecule has 1 aliphatic heterocycles. The van der Waals surface area contributed by atoms with Crippen molar-refractivity contribution < 1.29 is 4.55 Å². The van der Waals surface area contributed by atoms with E-state index in [2.05, 4.69) is 12.1 Å². The summed E-state index contributed by atoms with van der Waals surface area (Å²) in [6.07, 6.45) is 0.989. The maximum Gasteiger partial charge on any atom is 0.130 e. The minimum atomic E-state index is -0.602. The summed E-state index contributed by atoms with van der Waals surface area (Å²) in [5.41, 5.74) is 2.66. The van der Waals surface area contributed by atoms with Crippen molar-refractivity contribution in [2.75, 3.05) is 5.75 Å². The summed E-state index contributed by atoms with van der Waals surface area (Å²) < 4.78 is 11.1. The summed E-state index contributed by atoms with van der Waals surface area (Å²) in [5.74, 6) is 1.60. The van der Waals surface area contributed by atoms with Crippen LogP contribution in [0.3, 0.4) is 0 Å². The third-order valence-corrected chi connectivity index (χ3v) is 3.33. The summed E-state index contributed by atoms with van der Waals surface area (Å²) in [7, 11) is 0. The van der Waals surface area contributed by atoms with Gasteiger partial charge in [0.25, 0.3) is 0 Å². The molecule has 0 saturated heterocycles. The van der Waals surface area contributed by atoms with Crippen LogP contribution in [-0.2, 0) is 23.3 Å². The van der Waals surface area contributed by atoms with Crippen LogP contribution in [0.25, 0.3) is 0 Å². The van der Waals surface area contributed by atoms with E-state index in [4.69, 9.17) is 0 Å². The van der Waals surface area contributed by atoms with E-state index in [-0.39, 0.29) is 0 Å². The lowest BCUT2D eigenvalue weighted by Crippen LogP contribution is -2.18. The maximum atomic E-state index is 11.1. The fourth-order valence-corrected chi connectivity index (χ4v) is 2.63. The van der Waals surface area contributed by atoms with Crippen molar-refractivity contribution in [1.82, 2.24) is 0 Å². The van der Waals surface area contributed by atoms with Crippen molar-refractivity contribution in [3.63, 3.8) is 0 Å². The number of fused-ring (bicyclic) bond motifs is 1. The fraction of sp³-hybridized carbons (Fsp3) is 0.333. The molecule has 2 heteroatoms. The number of rotatable bonds is 0. The second-order valence-corrected chi connectivity index (χ2v) is 4.38. The molecule has 0 radical (unpaired) electrons. The van der Waals surface area contributed by atoms with Crippen LogP contribution in [0.4, 0.5) is 0 Å². The molecule has 0 N–H and O–H groups in total.